The first-order valence-corrected chi connectivity index (χ1v) is 5.10. The molecule has 0 unspecified atom stereocenters. The number of aromatic nitrogens is 2. The van der Waals surface area contributed by atoms with Crippen LogP contribution < -0.4 is 0 Å². The lowest BCUT2D eigenvalue weighted by Gasteiger charge is -2.00. The molecule has 2 aromatic rings. The zero-order chi connectivity index (χ0) is 11.2. The number of hydrogen-bond acceptors (Lipinski definition) is 2. The highest BCUT2D eigenvalue weighted by Crippen LogP contribution is 2.20. The molecular weight excluding hydrogens is 200 g/mol. The average molecular weight is 212 g/mol. The lowest BCUT2D eigenvalue weighted by atomic mass is 10.1. The van der Waals surface area contributed by atoms with E-state index < -0.39 is 0 Å². The molecule has 0 aliphatic heterocycles. The van der Waals surface area contributed by atoms with E-state index >= 15 is 0 Å². The third-order valence-electron chi connectivity index (χ3n) is 2.18. The Balaban J connectivity index is 2.36. The van der Waals surface area contributed by atoms with E-state index in [2.05, 4.69) is 22.0 Å². The van der Waals surface area contributed by atoms with Gasteiger partial charge in [-0.3, -0.25) is 5.10 Å². The zero-order valence-electron chi connectivity index (χ0n) is 8.77. The summed E-state index contributed by atoms with van der Waals surface area (Å²) < 4.78 is 0. The number of aromatic amines is 1. The molecule has 0 bridgehead atoms. The van der Waals surface area contributed by atoms with E-state index in [1.54, 1.807) is 6.20 Å². The predicted octanol–water partition coefficient (Wildman–Crippen LogP) is 1.81. The second kappa shape index (κ2) is 5.15. The van der Waals surface area contributed by atoms with Crippen LogP contribution in [0.25, 0.3) is 11.3 Å². The molecule has 0 amide bonds. The molecule has 0 aliphatic carbocycles. The largest absolute Gasteiger partial charge is 0.395 e. The van der Waals surface area contributed by atoms with E-state index in [-0.39, 0.29) is 6.61 Å². The maximum Gasteiger partial charge on any atom is 0.0662 e. The van der Waals surface area contributed by atoms with Crippen molar-refractivity contribution in [2.24, 2.45) is 0 Å². The van der Waals surface area contributed by atoms with Crippen molar-refractivity contribution in [2.45, 2.75) is 6.42 Å². The first kappa shape index (κ1) is 10.5. The highest BCUT2D eigenvalue weighted by atomic mass is 16.2. The van der Waals surface area contributed by atoms with Crippen molar-refractivity contribution in [3.05, 3.63) is 42.1 Å². The lowest BCUT2D eigenvalue weighted by Crippen LogP contribution is -1.85. The molecule has 0 fully saturated rings. The summed E-state index contributed by atoms with van der Waals surface area (Å²) >= 11 is 0. The van der Waals surface area contributed by atoms with Gasteiger partial charge in [-0.05, 0) is 12.1 Å². The molecule has 16 heavy (non-hydrogen) atoms. The lowest BCUT2D eigenvalue weighted by molar-refractivity contribution is 0.305. The summed E-state index contributed by atoms with van der Waals surface area (Å²) in [6.07, 6.45) is 2.21. The Bertz CT molecular complexity index is 506. The summed E-state index contributed by atoms with van der Waals surface area (Å²) in [6, 6.07) is 9.78. The van der Waals surface area contributed by atoms with Crippen LogP contribution in [0.3, 0.4) is 0 Å². The van der Waals surface area contributed by atoms with Crippen molar-refractivity contribution in [1.29, 1.82) is 0 Å². The minimum atomic E-state index is 0.0965. The van der Waals surface area contributed by atoms with Gasteiger partial charge in [-0.25, -0.2) is 0 Å². The maximum absolute atomic E-state index is 8.68. The first-order valence-electron chi connectivity index (χ1n) is 5.10. The summed E-state index contributed by atoms with van der Waals surface area (Å²) in [4.78, 5) is 0. The predicted molar refractivity (Wildman–Crippen MR) is 62.6 cm³/mol. The molecule has 1 aromatic carbocycles. The standard InChI is InChI=1S/C13H12N2O/c16-10-4-3-6-11-5-1-2-7-12(11)13-8-9-14-15-13/h1-2,5,7-9,16H,4,10H2,(H,14,15). The fourth-order valence-corrected chi connectivity index (χ4v) is 1.45. The van der Waals surface area contributed by atoms with Gasteiger partial charge in [0.25, 0.3) is 0 Å². The summed E-state index contributed by atoms with van der Waals surface area (Å²) in [7, 11) is 0. The Morgan fingerprint density at radius 1 is 1.25 bits per heavy atom. The highest BCUT2D eigenvalue weighted by Gasteiger charge is 2.02. The van der Waals surface area contributed by atoms with Gasteiger partial charge < -0.3 is 5.11 Å². The minimum absolute atomic E-state index is 0.0965. The van der Waals surface area contributed by atoms with Crippen molar-refractivity contribution in [3.8, 4) is 23.1 Å². The number of aliphatic hydroxyl groups excluding tert-OH is 1. The van der Waals surface area contributed by atoms with Crippen molar-refractivity contribution < 1.29 is 5.11 Å². The molecule has 0 aliphatic rings. The fraction of sp³-hybridized carbons (Fsp3) is 0.154. The Morgan fingerprint density at radius 2 is 2.12 bits per heavy atom. The van der Waals surface area contributed by atoms with Gasteiger partial charge in [0.1, 0.15) is 0 Å². The van der Waals surface area contributed by atoms with Gasteiger partial charge in [-0.2, -0.15) is 5.10 Å². The van der Waals surface area contributed by atoms with Crippen molar-refractivity contribution >= 4 is 0 Å². The number of H-pyrrole nitrogens is 1. The number of hydrogen-bond donors (Lipinski definition) is 2. The third kappa shape index (κ3) is 2.30. The van der Waals surface area contributed by atoms with Gasteiger partial charge in [0.15, 0.2) is 0 Å². The van der Waals surface area contributed by atoms with Crippen LogP contribution in [0.1, 0.15) is 12.0 Å². The molecular formula is C13H12N2O. The van der Waals surface area contributed by atoms with Gasteiger partial charge in [0, 0.05) is 23.7 Å². The monoisotopic (exact) mass is 212 g/mol. The van der Waals surface area contributed by atoms with E-state index in [1.807, 2.05) is 30.3 Å². The second-order valence-corrected chi connectivity index (χ2v) is 3.29. The topological polar surface area (TPSA) is 48.9 Å². The van der Waals surface area contributed by atoms with Crippen LogP contribution in [0.4, 0.5) is 0 Å². The quantitative estimate of drug-likeness (QED) is 0.746. The van der Waals surface area contributed by atoms with E-state index in [1.165, 1.54) is 0 Å². The van der Waals surface area contributed by atoms with Crippen LogP contribution in [0.5, 0.6) is 0 Å². The molecule has 80 valence electrons. The van der Waals surface area contributed by atoms with Crippen LogP contribution in [0.15, 0.2) is 36.5 Å². The molecule has 0 radical (unpaired) electrons. The minimum Gasteiger partial charge on any atom is -0.395 e. The van der Waals surface area contributed by atoms with Gasteiger partial charge in [-0.15, -0.1) is 0 Å². The van der Waals surface area contributed by atoms with Gasteiger partial charge >= 0.3 is 0 Å². The second-order valence-electron chi connectivity index (χ2n) is 3.29. The van der Waals surface area contributed by atoms with E-state index in [4.69, 9.17) is 5.11 Å². The molecule has 0 spiro atoms. The molecule has 1 heterocycles. The number of nitrogens with zero attached hydrogens (tertiary/aromatic N) is 1. The number of benzene rings is 1. The number of nitrogens with one attached hydrogen (secondary N) is 1. The highest BCUT2D eigenvalue weighted by molar-refractivity contribution is 5.67. The molecule has 2 rings (SSSR count). The van der Waals surface area contributed by atoms with E-state index in [9.17, 15) is 0 Å². The van der Waals surface area contributed by atoms with E-state index in [0.717, 1.165) is 16.8 Å². The third-order valence-corrected chi connectivity index (χ3v) is 2.18. The summed E-state index contributed by atoms with van der Waals surface area (Å²) in [5.41, 5.74) is 2.93. The Morgan fingerprint density at radius 3 is 2.88 bits per heavy atom. The van der Waals surface area contributed by atoms with E-state index in [0.29, 0.717) is 6.42 Å². The van der Waals surface area contributed by atoms with Crippen LogP contribution in [-0.2, 0) is 0 Å². The summed E-state index contributed by atoms with van der Waals surface area (Å²) in [6.45, 7) is 0.0965. The van der Waals surface area contributed by atoms with Crippen molar-refractivity contribution in [3.63, 3.8) is 0 Å². The SMILES string of the molecule is OCCC#Cc1ccccc1-c1ccn[nH]1. The molecule has 0 saturated carbocycles. The normalized spacial score (nSPS) is 9.56. The maximum atomic E-state index is 8.68. The average Bonchev–Trinajstić information content (AvgIpc) is 2.83. The molecule has 1 aromatic heterocycles. The van der Waals surface area contributed by atoms with Crippen LogP contribution in [0, 0.1) is 11.8 Å². The van der Waals surface area contributed by atoms with Crippen molar-refractivity contribution in [1.82, 2.24) is 10.2 Å². The van der Waals surface area contributed by atoms with Gasteiger partial charge in [-0.1, -0.05) is 30.0 Å². The molecule has 3 heteroatoms. The molecule has 0 atom stereocenters. The van der Waals surface area contributed by atoms with Crippen LogP contribution >= 0.6 is 0 Å². The number of rotatable bonds is 2. The first-order chi connectivity index (χ1) is 7.92. The zero-order valence-corrected chi connectivity index (χ0v) is 8.77. The Hall–Kier alpha value is -2.05. The van der Waals surface area contributed by atoms with Gasteiger partial charge in [0.2, 0.25) is 0 Å². The van der Waals surface area contributed by atoms with Crippen molar-refractivity contribution in [2.75, 3.05) is 6.61 Å². The Kier molecular flexibility index (Phi) is 3.37. The number of aliphatic hydroxyl groups is 1. The molecule has 2 N–H and O–H groups in total. The van der Waals surface area contributed by atoms with Crippen LogP contribution in [-0.4, -0.2) is 21.9 Å². The summed E-state index contributed by atoms with van der Waals surface area (Å²) in [5.74, 6) is 5.96. The Labute approximate surface area is 94.1 Å². The smallest absolute Gasteiger partial charge is 0.0662 e. The fourth-order valence-electron chi connectivity index (χ4n) is 1.45. The molecule has 0 saturated heterocycles. The summed E-state index contributed by atoms with van der Waals surface area (Å²) in [5, 5.41) is 15.5. The van der Waals surface area contributed by atoms with Crippen LogP contribution in [0.2, 0.25) is 0 Å². The molecule has 3 nitrogen and oxygen atoms in total. The van der Waals surface area contributed by atoms with Gasteiger partial charge in [0.05, 0.1) is 12.3 Å².